The van der Waals surface area contributed by atoms with Gasteiger partial charge in [0.15, 0.2) is 5.82 Å². The molecule has 0 spiro atoms. The van der Waals surface area contributed by atoms with Crippen LogP contribution in [0.5, 0.6) is 0 Å². The quantitative estimate of drug-likeness (QED) is 0.742. The Morgan fingerprint density at radius 2 is 1.96 bits per heavy atom. The molecule has 2 aromatic heterocycles. The van der Waals surface area contributed by atoms with Crippen molar-refractivity contribution in [1.82, 2.24) is 19.7 Å². The van der Waals surface area contributed by atoms with Gasteiger partial charge in [-0.05, 0) is 25.1 Å². The van der Waals surface area contributed by atoms with Crippen molar-refractivity contribution in [3.8, 4) is 11.4 Å². The van der Waals surface area contributed by atoms with Crippen LogP contribution >= 0.6 is 11.6 Å². The second-order valence-corrected chi connectivity index (χ2v) is 6.30. The standard InChI is InChI=1S/C18H15ClN6O/c1-10-14(16(20)26)15(12-4-2-3-5-13(12)19)25-18(22-10)23-17(24-25)11-6-8-21-9-7-11/h2-9,15H,1H3,(H2,20,26)(H,22,23,24)/t15-/m0/s1. The maximum absolute atomic E-state index is 12.2. The number of fused-ring (bicyclic) bond motifs is 1. The van der Waals surface area contributed by atoms with Gasteiger partial charge in [0.25, 0.3) is 0 Å². The monoisotopic (exact) mass is 366 g/mol. The van der Waals surface area contributed by atoms with Crippen LogP contribution < -0.4 is 11.1 Å². The van der Waals surface area contributed by atoms with Crippen LogP contribution in [0.1, 0.15) is 18.5 Å². The molecule has 0 saturated carbocycles. The van der Waals surface area contributed by atoms with E-state index in [2.05, 4.69) is 20.4 Å². The van der Waals surface area contributed by atoms with Crippen LogP contribution in [0.4, 0.5) is 5.95 Å². The number of benzene rings is 1. The molecule has 3 aromatic rings. The van der Waals surface area contributed by atoms with Gasteiger partial charge in [0.1, 0.15) is 6.04 Å². The zero-order valence-electron chi connectivity index (χ0n) is 13.8. The van der Waals surface area contributed by atoms with Crippen LogP contribution in [0.3, 0.4) is 0 Å². The predicted octanol–water partition coefficient (Wildman–Crippen LogP) is 2.77. The van der Waals surface area contributed by atoms with Gasteiger partial charge in [-0.25, -0.2) is 4.68 Å². The molecule has 26 heavy (non-hydrogen) atoms. The highest BCUT2D eigenvalue weighted by Gasteiger charge is 2.34. The molecule has 3 N–H and O–H groups in total. The van der Waals surface area contributed by atoms with Gasteiger partial charge in [-0.2, -0.15) is 4.98 Å². The van der Waals surface area contributed by atoms with Crippen molar-refractivity contribution in [2.75, 3.05) is 5.32 Å². The van der Waals surface area contributed by atoms with E-state index < -0.39 is 11.9 Å². The highest BCUT2D eigenvalue weighted by Crippen LogP contribution is 2.38. The van der Waals surface area contributed by atoms with Crippen LogP contribution in [0.2, 0.25) is 5.02 Å². The highest BCUT2D eigenvalue weighted by molar-refractivity contribution is 6.31. The number of nitrogens with one attached hydrogen (secondary N) is 1. The Bertz CT molecular complexity index is 1030. The smallest absolute Gasteiger partial charge is 0.248 e. The Morgan fingerprint density at radius 3 is 2.65 bits per heavy atom. The summed E-state index contributed by atoms with van der Waals surface area (Å²) in [5.74, 6) is 0.501. The van der Waals surface area contributed by atoms with E-state index in [1.54, 1.807) is 30.1 Å². The van der Waals surface area contributed by atoms with Crippen molar-refractivity contribution >= 4 is 23.5 Å². The van der Waals surface area contributed by atoms with E-state index in [9.17, 15) is 4.79 Å². The van der Waals surface area contributed by atoms with Crippen LogP contribution in [0, 0.1) is 0 Å². The fourth-order valence-electron chi connectivity index (χ4n) is 3.08. The lowest BCUT2D eigenvalue weighted by molar-refractivity contribution is -0.115. The average molecular weight is 367 g/mol. The molecule has 1 atom stereocenters. The maximum atomic E-state index is 12.2. The third kappa shape index (κ3) is 2.62. The third-order valence-corrected chi connectivity index (χ3v) is 4.60. The van der Waals surface area contributed by atoms with Crippen molar-refractivity contribution in [3.63, 3.8) is 0 Å². The van der Waals surface area contributed by atoms with Crippen LogP contribution in [0.15, 0.2) is 60.1 Å². The number of primary amides is 1. The third-order valence-electron chi connectivity index (χ3n) is 4.26. The van der Waals surface area contributed by atoms with E-state index in [0.717, 1.165) is 11.1 Å². The Labute approximate surface area is 154 Å². The number of carbonyl (C=O) groups excluding carboxylic acids is 1. The second-order valence-electron chi connectivity index (χ2n) is 5.89. The summed E-state index contributed by atoms with van der Waals surface area (Å²) in [6, 6.07) is 10.4. The van der Waals surface area contributed by atoms with Gasteiger partial charge < -0.3 is 11.1 Å². The van der Waals surface area contributed by atoms with E-state index in [1.807, 2.05) is 30.3 Å². The maximum Gasteiger partial charge on any atom is 0.248 e. The zero-order valence-corrected chi connectivity index (χ0v) is 14.6. The van der Waals surface area contributed by atoms with Crippen molar-refractivity contribution < 1.29 is 4.79 Å². The molecule has 130 valence electrons. The number of aromatic nitrogens is 4. The Kier molecular flexibility index (Phi) is 3.93. The minimum Gasteiger partial charge on any atom is -0.366 e. The number of nitrogens with two attached hydrogens (primary N) is 1. The van der Waals surface area contributed by atoms with E-state index >= 15 is 0 Å². The summed E-state index contributed by atoms with van der Waals surface area (Å²) in [7, 11) is 0. The van der Waals surface area contributed by atoms with E-state index in [4.69, 9.17) is 17.3 Å². The predicted molar refractivity (Wildman–Crippen MR) is 98.4 cm³/mol. The first-order valence-electron chi connectivity index (χ1n) is 7.95. The lowest BCUT2D eigenvalue weighted by Crippen LogP contribution is -2.32. The number of amides is 1. The molecular weight excluding hydrogens is 352 g/mol. The van der Waals surface area contributed by atoms with Gasteiger partial charge in [0, 0.05) is 34.2 Å². The molecule has 1 aliphatic rings. The van der Waals surface area contributed by atoms with E-state index in [-0.39, 0.29) is 0 Å². The molecule has 0 fully saturated rings. The molecule has 0 unspecified atom stereocenters. The van der Waals surface area contributed by atoms with E-state index in [0.29, 0.717) is 28.1 Å². The SMILES string of the molecule is CC1=C(C(N)=O)[C@H](c2ccccc2Cl)n2nc(-c3ccncc3)nc2N1. The van der Waals surface area contributed by atoms with Gasteiger partial charge in [-0.15, -0.1) is 5.10 Å². The van der Waals surface area contributed by atoms with Crippen LogP contribution in [-0.2, 0) is 4.79 Å². The van der Waals surface area contributed by atoms with Crippen molar-refractivity contribution in [2.45, 2.75) is 13.0 Å². The summed E-state index contributed by atoms with van der Waals surface area (Å²) in [6.07, 6.45) is 3.35. The van der Waals surface area contributed by atoms with Crippen molar-refractivity contribution in [2.24, 2.45) is 5.73 Å². The van der Waals surface area contributed by atoms with Crippen molar-refractivity contribution in [1.29, 1.82) is 0 Å². The minimum atomic E-state index is -0.555. The molecule has 4 rings (SSSR count). The molecular formula is C18H15ClN6O. The molecule has 7 nitrogen and oxygen atoms in total. The molecule has 8 heteroatoms. The summed E-state index contributed by atoms with van der Waals surface area (Å²) >= 11 is 6.40. The summed E-state index contributed by atoms with van der Waals surface area (Å²) < 4.78 is 1.64. The van der Waals surface area contributed by atoms with Gasteiger partial charge >= 0.3 is 0 Å². The minimum absolute atomic E-state index is 0.400. The number of allylic oxidation sites excluding steroid dienone is 1. The topological polar surface area (TPSA) is 98.7 Å². The lowest BCUT2D eigenvalue weighted by atomic mass is 9.95. The fraction of sp³-hybridized carbons (Fsp3) is 0.111. The number of hydrogen-bond acceptors (Lipinski definition) is 5. The molecule has 0 saturated heterocycles. The number of anilines is 1. The zero-order chi connectivity index (χ0) is 18.3. The fourth-order valence-corrected chi connectivity index (χ4v) is 3.32. The number of carbonyl (C=O) groups is 1. The first-order chi connectivity index (χ1) is 12.6. The molecule has 0 aliphatic carbocycles. The van der Waals surface area contributed by atoms with Crippen LogP contribution in [0.25, 0.3) is 11.4 Å². The first kappa shape index (κ1) is 16.3. The Morgan fingerprint density at radius 1 is 1.23 bits per heavy atom. The van der Waals surface area contributed by atoms with Gasteiger partial charge in [0.2, 0.25) is 11.9 Å². The Balaban J connectivity index is 1.92. The second kappa shape index (κ2) is 6.27. The van der Waals surface area contributed by atoms with Gasteiger partial charge in [0.05, 0.1) is 5.57 Å². The largest absolute Gasteiger partial charge is 0.366 e. The summed E-state index contributed by atoms with van der Waals surface area (Å²) in [5.41, 5.74) is 8.24. The molecule has 0 radical (unpaired) electrons. The number of rotatable bonds is 3. The molecule has 0 bridgehead atoms. The van der Waals surface area contributed by atoms with Gasteiger partial charge in [-0.3, -0.25) is 9.78 Å². The Hall–Kier alpha value is -3.19. The highest BCUT2D eigenvalue weighted by atomic mass is 35.5. The summed E-state index contributed by atoms with van der Waals surface area (Å²) in [6.45, 7) is 1.79. The van der Waals surface area contributed by atoms with E-state index in [1.165, 1.54) is 0 Å². The lowest BCUT2D eigenvalue weighted by Gasteiger charge is -2.28. The summed E-state index contributed by atoms with van der Waals surface area (Å²) in [4.78, 5) is 20.7. The number of nitrogens with zero attached hydrogens (tertiary/aromatic N) is 4. The average Bonchev–Trinajstić information content (AvgIpc) is 3.05. The van der Waals surface area contributed by atoms with Crippen LogP contribution in [-0.4, -0.2) is 25.7 Å². The molecule has 3 heterocycles. The summed E-state index contributed by atoms with van der Waals surface area (Å²) in [5, 5.41) is 8.24. The number of halogens is 1. The molecule has 1 amide bonds. The number of hydrogen-bond donors (Lipinski definition) is 2. The first-order valence-corrected chi connectivity index (χ1v) is 8.33. The normalized spacial score (nSPS) is 16.2. The van der Waals surface area contributed by atoms with Crippen molar-refractivity contribution in [3.05, 3.63) is 70.6 Å². The molecule has 1 aromatic carbocycles. The molecule has 1 aliphatic heterocycles. The number of pyridine rings is 1. The van der Waals surface area contributed by atoms with Gasteiger partial charge in [-0.1, -0.05) is 29.8 Å².